The Hall–Kier alpha value is -7.50. The molecule has 0 heterocycles. The van der Waals surface area contributed by atoms with E-state index in [1.165, 1.54) is 106 Å². The molecule has 0 atom stereocenters. The monoisotopic (exact) mass is 816 g/mol. The lowest BCUT2D eigenvalue weighted by molar-refractivity contribution is -0.122. The molecule has 4 aromatic carbocycles. The van der Waals surface area contributed by atoms with Gasteiger partial charge in [0.05, 0.1) is 80.4 Å². The van der Waals surface area contributed by atoms with Gasteiger partial charge in [0.2, 0.25) is 23.3 Å². The van der Waals surface area contributed by atoms with E-state index in [2.05, 4.69) is 21.1 Å². The van der Waals surface area contributed by atoms with Crippen molar-refractivity contribution >= 4 is 36.2 Å². The van der Waals surface area contributed by atoms with Crippen LogP contribution < -0.4 is 58.2 Å². The molecule has 312 valence electrons. The molecule has 2 N–H and O–H groups in total. The first-order chi connectivity index (χ1) is 28.5. The summed E-state index contributed by atoms with van der Waals surface area (Å²) < 4.78 is 53.7. The fraction of sp³-hybridized carbons (Fsp3) is 0.268. The zero-order valence-corrected chi connectivity index (χ0v) is 33.7. The van der Waals surface area contributed by atoms with Gasteiger partial charge in [-0.1, -0.05) is 0 Å². The number of nitrogens with zero attached hydrogens (tertiary/aromatic N) is 2. The van der Waals surface area contributed by atoms with Crippen LogP contribution >= 0.6 is 0 Å². The van der Waals surface area contributed by atoms with Gasteiger partial charge in [0, 0.05) is 12.8 Å². The van der Waals surface area contributed by atoms with Crippen molar-refractivity contribution in [3.8, 4) is 57.5 Å². The molecule has 2 amide bonds. The number of benzene rings is 4. The standard InChI is InChI=1S/C41H44N4O14/c1-50-30-16-24(12-14-28(30)58-40(48)26-18-32(52-3)38(56-7)33(19-26)53-4)22-42-44-36(46)10-9-11-37(47)45-43-23-25-13-15-29(31(17-25)51-2)59-41(49)27-20-34(54-5)39(57-8)35(21-27)55-6/h12-23H,9-11H2,1-8H3,(H,44,46)(H,45,47). The van der Waals surface area contributed by atoms with Crippen molar-refractivity contribution in [1.82, 2.24) is 10.9 Å². The van der Waals surface area contributed by atoms with E-state index in [4.69, 9.17) is 47.4 Å². The van der Waals surface area contributed by atoms with Gasteiger partial charge < -0.3 is 47.4 Å². The second-order valence-electron chi connectivity index (χ2n) is 11.9. The van der Waals surface area contributed by atoms with E-state index in [9.17, 15) is 19.2 Å². The molecule has 18 heteroatoms. The molecule has 0 aliphatic carbocycles. The number of amides is 2. The predicted octanol–water partition coefficient (Wildman–Crippen LogP) is 4.96. The maximum atomic E-state index is 13.0. The number of nitrogens with one attached hydrogen (secondary N) is 2. The highest BCUT2D eigenvalue weighted by Gasteiger charge is 2.21. The minimum atomic E-state index is -0.695. The molecule has 0 bridgehead atoms. The van der Waals surface area contributed by atoms with Gasteiger partial charge in [-0.25, -0.2) is 20.4 Å². The Labute approximate surface area is 339 Å². The number of hydrogen-bond acceptors (Lipinski definition) is 16. The topological polar surface area (TPSA) is 209 Å². The first-order valence-corrected chi connectivity index (χ1v) is 17.6. The van der Waals surface area contributed by atoms with Crippen LogP contribution in [0.5, 0.6) is 57.5 Å². The number of carbonyl (C=O) groups is 4. The van der Waals surface area contributed by atoms with Crippen molar-refractivity contribution in [2.24, 2.45) is 10.2 Å². The minimum absolute atomic E-state index is 0.0150. The van der Waals surface area contributed by atoms with E-state index >= 15 is 0 Å². The second kappa shape index (κ2) is 21.7. The molecule has 4 aromatic rings. The highest BCUT2D eigenvalue weighted by Crippen LogP contribution is 2.40. The molecule has 0 unspecified atom stereocenters. The Balaban J connectivity index is 1.23. The van der Waals surface area contributed by atoms with Crippen molar-refractivity contribution in [2.75, 3.05) is 56.9 Å². The summed E-state index contributed by atoms with van der Waals surface area (Å²) in [5.41, 5.74) is 6.20. The summed E-state index contributed by atoms with van der Waals surface area (Å²) in [6.45, 7) is 0. The lowest BCUT2D eigenvalue weighted by Gasteiger charge is -2.14. The normalized spacial score (nSPS) is 10.7. The van der Waals surface area contributed by atoms with Gasteiger partial charge >= 0.3 is 11.9 Å². The van der Waals surface area contributed by atoms with Crippen LogP contribution in [0.25, 0.3) is 0 Å². The number of hydrazone groups is 2. The first-order valence-electron chi connectivity index (χ1n) is 17.6. The summed E-state index contributed by atoms with van der Waals surface area (Å²) >= 11 is 0. The summed E-state index contributed by atoms with van der Waals surface area (Å²) in [5, 5.41) is 7.92. The van der Waals surface area contributed by atoms with Gasteiger partial charge in [0.1, 0.15) is 0 Å². The van der Waals surface area contributed by atoms with Gasteiger partial charge in [-0.05, 0) is 78.2 Å². The molecule has 59 heavy (non-hydrogen) atoms. The van der Waals surface area contributed by atoms with Crippen LogP contribution in [-0.2, 0) is 9.59 Å². The summed E-state index contributed by atoms with van der Waals surface area (Å²) in [7, 11) is 11.5. The van der Waals surface area contributed by atoms with E-state index in [1.807, 2.05) is 0 Å². The number of rotatable bonds is 20. The zero-order valence-electron chi connectivity index (χ0n) is 33.7. The smallest absolute Gasteiger partial charge is 0.343 e. The van der Waals surface area contributed by atoms with Gasteiger partial charge in [-0.15, -0.1) is 0 Å². The number of hydrogen-bond donors (Lipinski definition) is 2. The maximum absolute atomic E-state index is 13.0. The Kier molecular flexibility index (Phi) is 16.3. The van der Waals surface area contributed by atoms with E-state index in [-0.39, 0.29) is 76.4 Å². The van der Waals surface area contributed by atoms with Gasteiger partial charge in [0.15, 0.2) is 46.0 Å². The molecular formula is C41H44N4O14. The zero-order chi connectivity index (χ0) is 42.9. The minimum Gasteiger partial charge on any atom is -0.493 e. The van der Waals surface area contributed by atoms with Crippen molar-refractivity contribution in [2.45, 2.75) is 19.3 Å². The second-order valence-corrected chi connectivity index (χ2v) is 11.9. The van der Waals surface area contributed by atoms with E-state index in [1.54, 1.807) is 24.3 Å². The van der Waals surface area contributed by atoms with E-state index in [0.29, 0.717) is 22.6 Å². The highest BCUT2D eigenvalue weighted by atomic mass is 16.6. The molecule has 4 rings (SSSR count). The van der Waals surface area contributed by atoms with Crippen LogP contribution in [0, 0.1) is 0 Å². The van der Waals surface area contributed by atoms with Gasteiger partial charge in [0.25, 0.3) is 0 Å². The van der Waals surface area contributed by atoms with Crippen LogP contribution in [0.2, 0.25) is 0 Å². The maximum Gasteiger partial charge on any atom is 0.343 e. The molecule has 0 aromatic heterocycles. The average Bonchev–Trinajstić information content (AvgIpc) is 3.25. The summed E-state index contributed by atoms with van der Waals surface area (Å²) in [4.78, 5) is 50.6. The lowest BCUT2D eigenvalue weighted by Crippen LogP contribution is -2.20. The van der Waals surface area contributed by atoms with Crippen molar-refractivity contribution in [3.63, 3.8) is 0 Å². The average molecular weight is 817 g/mol. The fourth-order valence-corrected chi connectivity index (χ4v) is 5.29. The molecular weight excluding hydrogens is 772 g/mol. The predicted molar refractivity (Wildman–Crippen MR) is 213 cm³/mol. The number of methoxy groups -OCH3 is 8. The van der Waals surface area contributed by atoms with Crippen molar-refractivity contribution < 1.29 is 66.5 Å². The third-order valence-electron chi connectivity index (χ3n) is 8.19. The molecule has 0 radical (unpaired) electrons. The van der Waals surface area contributed by atoms with Crippen LogP contribution in [0.1, 0.15) is 51.1 Å². The van der Waals surface area contributed by atoms with Gasteiger partial charge in [-0.2, -0.15) is 10.2 Å². The van der Waals surface area contributed by atoms with Crippen LogP contribution in [-0.4, -0.2) is 93.1 Å². The lowest BCUT2D eigenvalue weighted by atomic mass is 10.1. The molecule has 0 aliphatic rings. The van der Waals surface area contributed by atoms with Crippen molar-refractivity contribution in [3.05, 3.63) is 82.9 Å². The third-order valence-corrected chi connectivity index (χ3v) is 8.19. The Morgan fingerprint density at radius 1 is 0.458 bits per heavy atom. The quantitative estimate of drug-likeness (QED) is 0.0523. The SMILES string of the molecule is COc1cc(C=NNC(=O)CCCC(=O)NN=Cc2ccc(OC(=O)c3cc(OC)c(OC)c(OC)c3)c(OC)c2)ccc1OC(=O)c1cc(OC)c(OC)c(OC)c1. The fourth-order valence-electron chi connectivity index (χ4n) is 5.29. The Morgan fingerprint density at radius 2 is 0.797 bits per heavy atom. The molecule has 0 aliphatic heterocycles. The number of carbonyl (C=O) groups excluding carboxylic acids is 4. The van der Waals surface area contributed by atoms with Gasteiger partial charge in [-0.3, -0.25) is 9.59 Å². The summed E-state index contributed by atoms with van der Waals surface area (Å²) in [6, 6.07) is 15.2. The molecule has 18 nitrogen and oxygen atoms in total. The number of esters is 2. The Morgan fingerprint density at radius 3 is 1.10 bits per heavy atom. The van der Waals surface area contributed by atoms with Crippen LogP contribution in [0.4, 0.5) is 0 Å². The third kappa shape index (κ3) is 11.8. The van der Waals surface area contributed by atoms with Crippen LogP contribution in [0.3, 0.4) is 0 Å². The largest absolute Gasteiger partial charge is 0.493 e. The number of ether oxygens (including phenoxy) is 10. The highest BCUT2D eigenvalue weighted by molar-refractivity contribution is 5.94. The van der Waals surface area contributed by atoms with E-state index in [0.717, 1.165) is 0 Å². The van der Waals surface area contributed by atoms with E-state index < -0.39 is 23.8 Å². The molecule has 0 fully saturated rings. The first kappa shape index (κ1) is 44.2. The Bertz CT molecular complexity index is 2000. The molecule has 0 spiro atoms. The van der Waals surface area contributed by atoms with Crippen LogP contribution in [0.15, 0.2) is 70.9 Å². The summed E-state index contributed by atoms with van der Waals surface area (Å²) in [5.74, 6) is 0.324. The van der Waals surface area contributed by atoms with Crippen molar-refractivity contribution in [1.29, 1.82) is 0 Å². The summed E-state index contributed by atoms with van der Waals surface area (Å²) in [6.07, 6.45) is 3.02. The molecule has 0 saturated heterocycles. The molecule has 0 saturated carbocycles.